The van der Waals surface area contributed by atoms with Gasteiger partial charge in [-0.3, -0.25) is 0 Å². The fraction of sp³-hybridized carbons (Fsp3) is 0.133. The second kappa shape index (κ2) is 10.6. The van der Waals surface area contributed by atoms with Gasteiger partial charge >= 0.3 is 0 Å². The number of rotatable bonds is 8. The van der Waals surface area contributed by atoms with Crippen molar-refractivity contribution >= 4 is 11.1 Å². The van der Waals surface area contributed by atoms with Crippen molar-refractivity contribution < 1.29 is 18.9 Å². The fourth-order valence-electron chi connectivity index (χ4n) is 4.09. The third-order valence-electron chi connectivity index (χ3n) is 5.76. The Morgan fingerprint density at radius 1 is 0.412 bits per heavy atom. The van der Waals surface area contributed by atoms with Gasteiger partial charge in [0.2, 0.25) is 0 Å². The van der Waals surface area contributed by atoms with E-state index in [9.17, 15) is 0 Å². The molecular formula is C30H28O4. The third-order valence-corrected chi connectivity index (χ3v) is 5.76. The molecule has 0 heterocycles. The van der Waals surface area contributed by atoms with E-state index in [1.807, 2.05) is 60.7 Å². The highest BCUT2D eigenvalue weighted by Crippen LogP contribution is 2.43. The Kier molecular flexibility index (Phi) is 7.19. The fourth-order valence-corrected chi connectivity index (χ4v) is 4.09. The van der Waals surface area contributed by atoms with Crippen LogP contribution in [0.4, 0.5) is 0 Å². The Hall–Kier alpha value is -4.18. The van der Waals surface area contributed by atoms with Crippen molar-refractivity contribution in [3.8, 4) is 23.0 Å². The van der Waals surface area contributed by atoms with Gasteiger partial charge in [0, 0.05) is 22.3 Å². The van der Waals surface area contributed by atoms with E-state index >= 15 is 0 Å². The molecule has 34 heavy (non-hydrogen) atoms. The topological polar surface area (TPSA) is 36.9 Å². The number of hydrogen-bond donors (Lipinski definition) is 0. The number of hydrogen-bond acceptors (Lipinski definition) is 4. The number of methoxy groups -OCH3 is 4. The zero-order chi connectivity index (χ0) is 23.9. The summed E-state index contributed by atoms with van der Waals surface area (Å²) in [6.07, 6.45) is 0. The third kappa shape index (κ3) is 4.62. The maximum absolute atomic E-state index is 5.80. The molecule has 4 aromatic carbocycles. The first kappa shape index (κ1) is 23.0. The highest BCUT2D eigenvalue weighted by molar-refractivity contribution is 6.06. The van der Waals surface area contributed by atoms with Crippen LogP contribution in [-0.4, -0.2) is 28.4 Å². The van der Waals surface area contributed by atoms with Crippen LogP contribution in [0.25, 0.3) is 11.1 Å². The van der Waals surface area contributed by atoms with Gasteiger partial charge in [0.15, 0.2) is 0 Å². The first-order chi connectivity index (χ1) is 16.7. The average Bonchev–Trinajstić information content (AvgIpc) is 2.92. The number of ether oxygens (including phenoxy) is 4. The van der Waals surface area contributed by atoms with Crippen molar-refractivity contribution in [3.63, 3.8) is 0 Å². The number of benzene rings is 4. The molecule has 0 aliphatic carbocycles. The molecule has 0 fully saturated rings. The molecule has 4 heteroatoms. The summed E-state index contributed by atoms with van der Waals surface area (Å²) in [6.45, 7) is 0. The van der Waals surface area contributed by atoms with Crippen LogP contribution in [0.15, 0.2) is 97.1 Å². The molecule has 0 bridgehead atoms. The summed E-state index contributed by atoms with van der Waals surface area (Å²) in [4.78, 5) is 0. The van der Waals surface area contributed by atoms with Crippen LogP contribution >= 0.6 is 0 Å². The van der Waals surface area contributed by atoms with Gasteiger partial charge in [0.05, 0.1) is 28.4 Å². The standard InChI is InChI=1S/C30H28O4/c1-31-23-17-13-21(14-18-23)29(25-9-5-7-11-27(25)33-3)30(22-15-19-24(32-2)20-16-22)26-10-6-8-12-28(26)34-4/h5-20H,1-4H3/b30-29-. The summed E-state index contributed by atoms with van der Waals surface area (Å²) >= 11 is 0. The molecular weight excluding hydrogens is 424 g/mol. The van der Waals surface area contributed by atoms with Gasteiger partial charge in [-0.25, -0.2) is 0 Å². The van der Waals surface area contributed by atoms with Crippen molar-refractivity contribution in [2.45, 2.75) is 0 Å². The van der Waals surface area contributed by atoms with E-state index in [0.29, 0.717) is 0 Å². The molecule has 0 radical (unpaired) electrons. The molecule has 172 valence electrons. The molecule has 0 aliphatic rings. The Morgan fingerprint density at radius 3 is 1.09 bits per heavy atom. The van der Waals surface area contributed by atoms with Gasteiger partial charge in [-0.05, 0) is 47.5 Å². The molecule has 0 saturated carbocycles. The van der Waals surface area contributed by atoms with Crippen molar-refractivity contribution in [2.75, 3.05) is 28.4 Å². The molecule has 0 aromatic heterocycles. The molecule has 4 nitrogen and oxygen atoms in total. The quantitative estimate of drug-likeness (QED) is 0.278. The maximum Gasteiger partial charge on any atom is 0.126 e. The van der Waals surface area contributed by atoms with Gasteiger partial charge in [-0.1, -0.05) is 60.7 Å². The maximum atomic E-state index is 5.80. The second-order valence-corrected chi connectivity index (χ2v) is 7.61. The Bertz CT molecular complexity index is 1170. The lowest BCUT2D eigenvalue weighted by Crippen LogP contribution is -2.01. The van der Waals surface area contributed by atoms with Crippen LogP contribution in [-0.2, 0) is 0 Å². The second-order valence-electron chi connectivity index (χ2n) is 7.61. The Labute approximate surface area is 201 Å². The minimum Gasteiger partial charge on any atom is -0.497 e. The molecule has 0 N–H and O–H groups in total. The van der Waals surface area contributed by atoms with E-state index < -0.39 is 0 Å². The summed E-state index contributed by atoms with van der Waals surface area (Å²) < 4.78 is 22.4. The molecule has 0 spiro atoms. The van der Waals surface area contributed by atoms with Gasteiger partial charge < -0.3 is 18.9 Å². The predicted octanol–water partition coefficient (Wildman–Crippen LogP) is 6.73. The van der Waals surface area contributed by atoms with Gasteiger partial charge in [-0.2, -0.15) is 0 Å². The van der Waals surface area contributed by atoms with Gasteiger partial charge in [0.1, 0.15) is 23.0 Å². The summed E-state index contributed by atoms with van der Waals surface area (Å²) in [6, 6.07) is 32.3. The SMILES string of the molecule is COc1ccc(/C(=C(\c2ccc(OC)cc2)c2ccccc2OC)c2ccccc2OC)cc1. The molecule has 0 unspecified atom stereocenters. The smallest absolute Gasteiger partial charge is 0.126 e. The molecule has 4 aromatic rings. The van der Waals surface area contributed by atoms with Crippen molar-refractivity contribution in [1.82, 2.24) is 0 Å². The van der Waals surface area contributed by atoms with Crippen LogP contribution in [0.3, 0.4) is 0 Å². The Morgan fingerprint density at radius 2 is 0.765 bits per heavy atom. The monoisotopic (exact) mass is 452 g/mol. The van der Waals surface area contributed by atoms with Crippen molar-refractivity contribution in [3.05, 3.63) is 119 Å². The minimum absolute atomic E-state index is 0.786. The largest absolute Gasteiger partial charge is 0.497 e. The molecule has 4 rings (SSSR count). The van der Waals surface area contributed by atoms with Crippen molar-refractivity contribution in [1.29, 1.82) is 0 Å². The normalized spacial score (nSPS) is 11.4. The summed E-state index contributed by atoms with van der Waals surface area (Å²) in [5.74, 6) is 3.17. The average molecular weight is 453 g/mol. The zero-order valence-corrected chi connectivity index (χ0v) is 19.9. The van der Waals surface area contributed by atoms with Crippen molar-refractivity contribution in [2.24, 2.45) is 0 Å². The zero-order valence-electron chi connectivity index (χ0n) is 19.9. The first-order valence-electron chi connectivity index (χ1n) is 11.0. The highest BCUT2D eigenvalue weighted by Gasteiger charge is 2.21. The lowest BCUT2D eigenvalue weighted by atomic mass is 9.85. The van der Waals surface area contributed by atoms with E-state index in [1.165, 1.54) is 0 Å². The lowest BCUT2D eigenvalue weighted by Gasteiger charge is -2.21. The van der Waals surface area contributed by atoms with Crippen LogP contribution in [0, 0.1) is 0 Å². The van der Waals surface area contributed by atoms with E-state index in [2.05, 4.69) is 36.4 Å². The first-order valence-corrected chi connectivity index (χ1v) is 11.0. The van der Waals surface area contributed by atoms with E-state index in [-0.39, 0.29) is 0 Å². The van der Waals surface area contributed by atoms with E-state index in [1.54, 1.807) is 28.4 Å². The van der Waals surface area contributed by atoms with Crippen LogP contribution in [0.2, 0.25) is 0 Å². The van der Waals surface area contributed by atoms with E-state index in [0.717, 1.165) is 56.4 Å². The predicted molar refractivity (Wildman–Crippen MR) is 137 cm³/mol. The van der Waals surface area contributed by atoms with Crippen LogP contribution in [0.1, 0.15) is 22.3 Å². The highest BCUT2D eigenvalue weighted by atomic mass is 16.5. The molecule has 0 atom stereocenters. The minimum atomic E-state index is 0.786. The summed E-state index contributed by atoms with van der Waals surface area (Å²) in [5.41, 5.74) is 6.06. The van der Waals surface area contributed by atoms with Crippen LogP contribution in [0.5, 0.6) is 23.0 Å². The Balaban J connectivity index is 2.14. The van der Waals surface area contributed by atoms with Crippen LogP contribution < -0.4 is 18.9 Å². The molecule has 0 saturated heterocycles. The van der Waals surface area contributed by atoms with E-state index in [4.69, 9.17) is 18.9 Å². The molecule has 0 aliphatic heterocycles. The lowest BCUT2D eigenvalue weighted by molar-refractivity contribution is 0.413. The van der Waals surface area contributed by atoms with Gasteiger partial charge in [-0.15, -0.1) is 0 Å². The molecule has 0 amide bonds. The number of para-hydroxylation sites is 2. The summed E-state index contributed by atoms with van der Waals surface area (Å²) in [7, 11) is 6.73. The van der Waals surface area contributed by atoms with Gasteiger partial charge in [0.25, 0.3) is 0 Å². The summed E-state index contributed by atoms with van der Waals surface area (Å²) in [5, 5.41) is 0.